The summed E-state index contributed by atoms with van der Waals surface area (Å²) in [5, 5.41) is 9.11. The smallest absolute Gasteiger partial charge is 0.335 e. The Balaban J connectivity index is 1.89. The summed E-state index contributed by atoms with van der Waals surface area (Å²) in [6.45, 7) is 1.95. The van der Waals surface area contributed by atoms with Gasteiger partial charge in [-0.25, -0.2) is 14.6 Å². The Morgan fingerprint density at radius 3 is 2.82 bits per heavy atom. The molecule has 3 aromatic rings. The molecule has 0 atom stereocenters. The number of benzene rings is 1. The number of carbonyl (C=O) groups is 2. The maximum Gasteiger partial charge on any atom is 0.335 e. The van der Waals surface area contributed by atoms with E-state index in [4.69, 9.17) is 14.6 Å². The van der Waals surface area contributed by atoms with Crippen LogP contribution < -0.4 is 0 Å². The molecule has 3 rings (SSSR count). The average molecular weight is 378 g/mol. The fraction of sp³-hybridized carbons (Fsp3) is 0.190. The molecule has 0 aliphatic rings. The van der Waals surface area contributed by atoms with Crippen molar-refractivity contribution in [3.8, 4) is 11.8 Å². The Kier molecular flexibility index (Phi) is 6.04. The standard InChI is InChI=1S/C21H18N2O5/c1-2-28-20(24)14-27-13-17-18(23-11-4-3-8-19(23)22-17)10-9-15-6-5-7-16(12-15)21(25)26/h3-8,11-12H,2,13-14H2,1H3,(H,25,26). The number of aromatic carboxylic acids is 1. The molecule has 0 saturated heterocycles. The van der Waals surface area contributed by atoms with Crippen LogP contribution in [0.5, 0.6) is 0 Å². The molecule has 0 aliphatic heterocycles. The van der Waals surface area contributed by atoms with E-state index in [0.29, 0.717) is 29.2 Å². The van der Waals surface area contributed by atoms with Gasteiger partial charge in [-0.2, -0.15) is 0 Å². The maximum absolute atomic E-state index is 11.4. The van der Waals surface area contributed by atoms with Crippen LogP contribution in [0, 0.1) is 11.8 Å². The van der Waals surface area contributed by atoms with E-state index < -0.39 is 11.9 Å². The molecule has 0 unspecified atom stereocenters. The predicted molar refractivity (Wildman–Crippen MR) is 101 cm³/mol. The highest BCUT2D eigenvalue weighted by Crippen LogP contribution is 2.13. The number of carboxylic acids is 1. The molecule has 2 aromatic heterocycles. The van der Waals surface area contributed by atoms with E-state index in [1.165, 1.54) is 12.1 Å². The highest BCUT2D eigenvalue weighted by Gasteiger charge is 2.11. The summed E-state index contributed by atoms with van der Waals surface area (Å²) in [7, 11) is 0. The third-order valence-corrected chi connectivity index (χ3v) is 3.80. The monoisotopic (exact) mass is 378 g/mol. The zero-order valence-electron chi connectivity index (χ0n) is 15.2. The molecule has 28 heavy (non-hydrogen) atoms. The molecular formula is C21H18N2O5. The first kappa shape index (κ1) is 19.1. The number of nitrogens with zero attached hydrogens (tertiary/aromatic N) is 2. The van der Waals surface area contributed by atoms with Crippen molar-refractivity contribution in [2.45, 2.75) is 13.5 Å². The molecule has 0 aliphatic carbocycles. The third-order valence-electron chi connectivity index (χ3n) is 3.80. The van der Waals surface area contributed by atoms with Crippen LogP contribution >= 0.6 is 0 Å². The summed E-state index contributed by atoms with van der Waals surface area (Å²) in [4.78, 5) is 27.1. The number of fused-ring (bicyclic) bond motifs is 1. The Hall–Kier alpha value is -3.63. The van der Waals surface area contributed by atoms with Gasteiger partial charge >= 0.3 is 11.9 Å². The summed E-state index contributed by atoms with van der Waals surface area (Å²) < 4.78 is 12.1. The lowest BCUT2D eigenvalue weighted by Gasteiger charge is -2.03. The summed E-state index contributed by atoms with van der Waals surface area (Å²) in [5.41, 5.74) is 2.63. The van der Waals surface area contributed by atoms with Gasteiger partial charge in [-0.05, 0) is 43.2 Å². The van der Waals surface area contributed by atoms with Crippen molar-refractivity contribution >= 4 is 17.6 Å². The predicted octanol–water partition coefficient (Wildman–Crippen LogP) is 2.51. The molecular weight excluding hydrogens is 360 g/mol. The summed E-state index contributed by atoms with van der Waals surface area (Å²) >= 11 is 0. The summed E-state index contributed by atoms with van der Waals surface area (Å²) in [6.07, 6.45) is 1.83. The third kappa shape index (κ3) is 4.55. The maximum atomic E-state index is 11.4. The highest BCUT2D eigenvalue weighted by atomic mass is 16.6. The largest absolute Gasteiger partial charge is 0.478 e. The topological polar surface area (TPSA) is 90.1 Å². The quantitative estimate of drug-likeness (QED) is 0.524. The first-order chi connectivity index (χ1) is 13.6. The van der Waals surface area contributed by atoms with E-state index in [1.807, 2.05) is 28.8 Å². The van der Waals surface area contributed by atoms with Gasteiger partial charge in [0.1, 0.15) is 23.6 Å². The lowest BCUT2D eigenvalue weighted by atomic mass is 10.1. The van der Waals surface area contributed by atoms with Crippen LogP contribution in [-0.4, -0.2) is 39.6 Å². The van der Waals surface area contributed by atoms with Crippen LogP contribution in [0.1, 0.15) is 34.2 Å². The van der Waals surface area contributed by atoms with Gasteiger partial charge in [0, 0.05) is 11.8 Å². The average Bonchev–Trinajstić information content (AvgIpc) is 3.04. The van der Waals surface area contributed by atoms with Gasteiger partial charge in [-0.3, -0.25) is 4.40 Å². The van der Waals surface area contributed by atoms with Crippen molar-refractivity contribution in [1.29, 1.82) is 0 Å². The van der Waals surface area contributed by atoms with Gasteiger partial charge in [-0.15, -0.1) is 0 Å². The van der Waals surface area contributed by atoms with Gasteiger partial charge in [0.15, 0.2) is 0 Å². The summed E-state index contributed by atoms with van der Waals surface area (Å²) in [5.74, 6) is 4.57. The van der Waals surface area contributed by atoms with Crippen LogP contribution in [0.4, 0.5) is 0 Å². The number of hydrogen-bond donors (Lipinski definition) is 1. The molecule has 0 saturated carbocycles. The van der Waals surface area contributed by atoms with Crippen molar-refractivity contribution in [2.75, 3.05) is 13.2 Å². The minimum atomic E-state index is -1.01. The number of pyridine rings is 1. The normalized spacial score (nSPS) is 10.3. The zero-order valence-corrected chi connectivity index (χ0v) is 15.2. The molecule has 1 N–H and O–H groups in total. The molecule has 0 bridgehead atoms. The molecule has 7 nitrogen and oxygen atoms in total. The van der Waals surface area contributed by atoms with E-state index in [-0.39, 0.29) is 18.8 Å². The lowest BCUT2D eigenvalue weighted by Crippen LogP contribution is -2.12. The minimum Gasteiger partial charge on any atom is -0.478 e. The molecule has 2 heterocycles. The van der Waals surface area contributed by atoms with Gasteiger partial charge in [0.25, 0.3) is 0 Å². The number of ether oxygens (including phenoxy) is 2. The first-order valence-corrected chi connectivity index (χ1v) is 8.63. The lowest BCUT2D eigenvalue weighted by molar-refractivity contribution is -0.148. The van der Waals surface area contributed by atoms with Crippen LogP contribution in [-0.2, 0) is 20.9 Å². The van der Waals surface area contributed by atoms with Crippen molar-refractivity contribution in [2.24, 2.45) is 0 Å². The van der Waals surface area contributed by atoms with Gasteiger partial charge in [0.2, 0.25) is 0 Å². The molecule has 142 valence electrons. The number of carbonyl (C=O) groups excluding carboxylic acids is 1. The number of rotatable bonds is 6. The second kappa shape index (κ2) is 8.84. The molecule has 1 aromatic carbocycles. The molecule has 7 heteroatoms. The molecule has 0 radical (unpaired) electrons. The van der Waals surface area contributed by atoms with Crippen molar-refractivity contribution < 1.29 is 24.2 Å². The number of carboxylic acid groups (broad SMARTS) is 1. The van der Waals surface area contributed by atoms with Crippen molar-refractivity contribution in [3.05, 3.63) is 71.2 Å². The van der Waals surface area contributed by atoms with Gasteiger partial charge in [0.05, 0.1) is 18.8 Å². The SMILES string of the molecule is CCOC(=O)COCc1nc2ccccn2c1C#Cc1cccc(C(=O)O)c1. The van der Waals surface area contributed by atoms with Crippen LogP contribution in [0.25, 0.3) is 5.65 Å². The Morgan fingerprint density at radius 1 is 1.18 bits per heavy atom. The van der Waals surface area contributed by atoms with E-state index >= 15 is 0 Å². The van der Waals surface area contributed by atoms with Gasteiger partial charge in [-0.1, -0.05) is 18.1 Å². The molecule has 0 fully saturated rings. The van der Waals surface area contributed by atoms with E-state index in [1.54, 1.807) is 19.1 Å². The van der Waals surface area contributed by atoms with Crippen LogP contribution in [0.15, 0.2) is 48.7 Å². The van der Waals surface area contributed by atoms with Crippen LogP contribution in [0.3, 0.4) is 0 Å². The Morgan fingerprint density at radius 2 is 2.04 bits per heavy atom. The fourth-order valence-corrected chi connectivity index (χ4v) is 2.57. The Bertz CT molecular complexity index is 1080. The number of aromatic nitrogens is 2. The summed E-state index contributed by atoms with van der Waals surface area (Å²) in [6, 6.07) is 12.0. The molecule has 0 amide bonds. The number of hydrogen-bond acceptors (Lipinski definition) is 5. The first-order valence-electron chi connectivity index (χ1n) is 8.63. The second-order valence-corrected chi connectivity index (χ2v) is 5.77. The molecule has 0 spiro atoms. The van der Waals surface area contributed by atoms with E-state index in [9.17, 15) is 9.59 Å². The minimum absolute atomic E-state index is 0.0969. The van der Waals surface area contributed by atoms with E-state index in [0.717, 1.165) is 0 Å². The van der Waals surface area contributed by atoms with Gasteiger partial charge < -0.3 is 14.6 Å². The second-order valence-electron chi connectivity index (χ2n) is 5.77. The van der Waals surface area contributed by atoms with Crippen LogP contribution in [0.2, 0.25) is 0 Å². The van der Waals surface area contributed by atoms with Crippen molar-refractivity contribution in [3.63, 3.8) is 0 Å². The zero-order chi connectivity index (χ0) is 19.9. The van der Waals surface area contributed by atoms with Crippen molar-refractivity contribution in [1.82, 2.24) is 9.38 Å². The fourth-order valence-electron chi connectivity index (χ4n) is 2.57. The highest BCUT2D eigenvalue weighted by molar-refractivity contribution is 5.88. The number of esters is 1. The van der Waals surface area contributed by atoms with E-state index in [2.05, 4.69) is 16.8 Å². The Labute approximate surface area is 161 Å². The number of imidazole rings is 1.